The van der Waals surface area contributed by atoms with Crippen molar-refractivity contribution in [2.75, 3.05) is 20.3 Å². The Hall–Kier alpha value is -1.64. The first-order chi connectivity index (χ1) is 9.45. The highest BCUT2D eigenvalue weighted by Gasteiger charge is 2.16. The van der Waals surface area contributed by atoms with E-state index in [-0.39, 0.29) is 4.90 Å². The molecule has 0 aliphatic carbocycles. The summed E-state index contributed by atoms with van der Waals surface area (Å²) < 4.78 is 37.7. The average Bonchev–Trinajstić information content (AvgIpc) is 2.70. The smallest absolute Gasteiger partial charge is 0.408 e. The minimum Gasteiger partial charge on any atom is -0.408 e. The lowest BCUT2D eigenvalue weighted by Crippen LogP contribution is -2.25. The number of methoxy groups -OCH3 is 1. The number of aromatic nitrogens is 1. The standard InChI is InChI=1S/C12H16N2O5S/c1-14-10-8-9(4-5-11(10)19-12(14)15)20(16,17)13-6-3-7-18-2/h4-5,8,13H,3,6-7H2,1-2H3. The molecule has 0 fully saturated rings. The molecule has 20 heavy (non-hydrogen) atoms. The molecule has 0 atom stereocenters. The van der Waals surface area contributed by atoms with Gasteiger partial charge in [0.1, 0.15) is 0 Å². The summed E-state index contributed by atoms with van der Waals surface area (Å²) in [5.41, 5.74) is 0.797. The number of aryl methyl sites for hydroxylation is 1. The van der Waals surface area contributed by atoms with Crippen LogP contribution in [0.4, 0.5) is 0 Å². The number of nitrogens with zero attached hydrogens (tertiary/aromatic N) is 1. The summed E-state index contributed by atoms with van der Waals surface area (Å²) in [7, 11) is -0.521. The number of sulfonamides is 1. The lowest BCUT2D eigenvalue weighted by atomic mass is 10.3. The summed E-state index contributed by atoms with van der Waals surface area (Å²) in [5.74, 6) is -0.525. The first-order valence-electron chi connectivity index (χ1n) is 6.04. The minimum atomic E-state index is -3.60. The van der Waals surface area contributed by atoms with Gasteiger partial charge in [0.05, 0.1) is 10.4 Å². The fraction of sp³-hybridized carbons (Fsp3) is 0.417. The van der Waals surface area contributed by atoms with Gasteiger partial charge in [-0.1, -0.05) is 0 Å². The summed E-state index contributed by atoms with van der Waals surface area (Å²) in [6.07, 6.45) is 0.585. The van der Waals surface area contributed by atoms with E-state index in [1.165, 1.54) is 29.8 Å². The van der Waals surface area contributed by atoms with E-state index in [0.717, 1.165) is 0 Å². The van der Waals surface area contributed by atoms with Crippen molar-refractivity contribution in [3.05, 3.63) is 28.7 Å². The zero-order chi connectivity index (χ0) is 14.8. The third kappa shape index (κ3) is 2.92. The molecule has 7 nitrogen and oxygen atoms in total. The fourth-order valence-corrected chi connectivity index (χ4v) is 2.87. The van der Waals surface area contributed by atoms with Crippen LogP contribution in [0.15, 0.2) is 32.3 Å². The first kappa shape index (κ1) is 14.8. The summed E-state index contributed by atoms with van der Waals surface area (Å²) in [4.78, 5) is 11.5. The van der Waals surface area contributed by atoms with Crippen LogP contribution in [-0.4, -0.2) is 33.2 Å². The molecule has 0 unspecified atom stereocenters. The van der Waals surface area contributed by atoms with E-state index in [4.69, 9.17) is 9.15 Å². The molecule has 1 aromatic carbocycles. The van der Waals surface area contributed by atoms with Gasteiger partial charge in [-0.2, -0.15) is 0 Å². The number of rotatable bonds is 6. The molecule has 2 rings (SSSR count). The van der Waals surface area contributed by atoms with Crippen molar-refractivity contribution in [3.63, 3.8) is 0 Å². The van der Waals surface area contributed by atoms with E-state index < -0.39 is 15.8 Å². The monoisotopic (exact) mass is 300 g/mol. The van der Waals surface area contributed by atoms with Crippen molar-refractivity contribution in [2.24, 2.45) is 7.05 Å². The summed E-state index contributed by atoms with van der Waals surface area (Å²) >= 11 is 0. The highest BCUT2D eigenvalue weighted by Crippen LogP contribution is 2.17. The number of nitrogens with one attached hydrogen (secondary N) is 1. The van der Waals surface area contributed by atoms with Crippen LogP contribution >= 0.6 is 0 Å². The first-order valence-corrected chi connectivity index (χ1v) is 7.52. The zero-order valence-electron chi connectivity index (χ0n) is 11.3. The molecule has 110 valence electrons. The third-order valence-electron chi connectivity index (χ3n) is 2.89. The van der Waals surface area contributed by atoms with Gasteiger partial charge in [0, 0.05) is 27.3 Å². The van der Waals surface area contributed by atoms with E-state index in [9.17, 15) is 13.2 Å². The van der Waals surface area contributed by atoms with Crippen LogP contribution in [0.1, 0.15) is 6.42 Å². The number of ether oxygens (including phenoxy) is 1. The van der Waals surface area contributed by atoms with Gasteiger partial charge < -0.3 is 9.15 Å². The van der Waals surface area contributed by atoms with Gasteiger partial charge in [-0.3, -0.25) is 4.57 Å². The molecular weight excluding hydrogens is 284 g/mol. The molecule has 0 radical (unpaired) electrons. The van der Waals surface area contributed by atoms with Gasteiger partial charge >= 0.3 is 5.76 Å². The summed E-state index contributed by atoms with van der Waals surface area (Å²) in [6.45, 7) is 0.774. The number of hydrogen-bond acceptors (Lipinski definition) is 5. The van der Waals surface area contributed by atoms with Crippen molar-refractivity contribution in [3.8, 4) is 0 Å². The molecule has 1 heterocycles. The van der Waals surface area contributed by atoms with Crippen molar-refractivity contribution >= 4 is 21.1 Å². The number of hydrogen-bond donors (Lipinski definition) is 1. The molecule has 1 aromatic heterocycles. The summed E-state index contributed by atoms with van der Waals surface area (Å²) in [5, 5.41) is 0. The Balaban J connectivity index is 2.27. The minimum absolute atomic E-state index is 0.0961. The topological polar surface area (TPSA) is 90.5 Å². The van der Waals surface area contributed by atoms with Gasteiger partial charge in [-0.25, -0.2) is 17.9 Å². The second kappa shape index (κ2) is 5.78. The molecule has 0 aliphatic rings. The van der Waals surface area contributed by atoms with Gasteiger partial charge in [0.15, 0.2) is 5.58 Å². The van der Waals surface area contributed by atoms with Crippen LogP contribution in [0.2, 0.25) is 0 Å². The van der Waals surface area contributed by atoms with Crippen LogP contribution in [-0.2, 0) is 21.8 Å². The normalized spacial score (nSPS) is 12.1. The Labute approximate surface area is 116 Å². The molecular formula is C12H16N2O5S. The molecule has 0 spiro atoms. The molecule has 8 heteroatoms. The van der Waals surface area contributed by atoms with Crippen molar-refractivity contribution in [2.45, 2.75) is 11.3 Å². The highest BCUT2D eigenvalue weighted by molar-refractivity contribution is 7.89. The van der Waals surface area contributed by atoms with E-state index in [1.807, 2.05) is 0 Å². The molecule has 2 aromatic rings. The lowest BCUT2D eigenvalue weighted by molar-refractivity contribution is 0.196. The lowest BCUT2D eigenvalue weighted by Gasteiger charge is -2.06. The predicted molar refractivity (Wildman–Crippen MR) is 73.1 cm³/mol. The van der Waals surface area contributed by atoms with Crippen LogP contribution < -0.4 is 10.5 Å². The number of oxazole rings is 1. The third-order valence-corrected chi connectivity index (χ3v) is 4.35. The van der Waals surface area contributed by atoms with E-state index in [0.29, 0.717) is 30.7 Å². The average molecular weight is 300 g/mol. The zero-order valence-corrected chi connectivity index (χ0v) is 12.1. The SMILES string of the molecule is COCCCNS(=O)(=O)c1ccc2oc(=O)n(C)c2c1. The van der Waals surface area contributed by atoms with Crippen molar-refractivity contribution in [1.29, 1.82) is 0 Å². The summed E-state index contributed by atoms with van der Waals surface area (Å²) in [6, 6.07) is 4.29. The van der Waals surface area contributed by atoms with E-state index in [2.05, 4.69) is 4.72 Å². The van der Waals surface area contributed by atoms with E-state index >= 15 is 0 Å². The Morgan fingerprint density at radius 1 is 1.40 bits per heavy atom. The van der Waals surface area contributed by atoms with Crippen LogP contribution in [0.25, 0.3) is 11.1 Å². The molecule has 0 amide bonds. The molecule has 0 saturated carbocycles. The quantitative estimate of drug-likeness (QED) is 0.782. The Bertz CT molecular complexity index is 760. The molecule has 0 aliphatic heterocycles. The van der Waals surface area contributed by atoms with Crippen molar-refractivity contribution in [1.82, 2.24) is 9.29 Å². The van der Waals surface area contributed by atoms with E-state index in [1.54, 1.807) is 7.11 Å². The molecule has 1 N–H and O–H groups in total. The predicted octanol–water partition coefficient (Wildman–Crippen LogP) is 0.446. The maximum atomic E-state index is 12.1. The molecule has 0 saturated heterocycles. The second-order valence-electron chi connectivity index (χ2n) is 4.30. The van der Waals surface area contributed by atoms with Gasteiger partial charge in [-0.15, -0.1) is 0 Å². The number of fused-ring (bicyclic) bond motifs is 1. The Kier molecular flexibility index (Phi) is 4.26. The fourth-order valence-electron chi connectivity index (χ4n) is 1.78. The Morgan fingerprint density at radius 2 is 2.15 bits per heavy atom. The van der Waals surface area contributed by atoms with Gasteiger partial charge in [0.2, 0.25) is 10.0 Å². The van der Waals surface area contributed by atoms with Gasteiger partial charge in [0.25, 0.3) is 0 Å². The maximum absolute atomic E-state index is 12.1. The van der Waals surface area contributed by atoms with Crippen LogP contribution in [0.5, 0.6) is 0 Å². The molecule has 0 bridgehead atoms. The maximum Gasteiger partial charge on any atom is 0.419 e. The van der Waals surface area contributed by atoms with Crippen molar-refractivity contribution < 1.29 is 17.6 Å². The highest BCUT2D eigenvalue weighted by atomic mass is 32.2. The van der Waals surface area contributed by atoms with Gasteiger partial charge in [-0.05, 0) is 24.6 Å². The second-order valence-corrected chi connectivity index (χ2v) is 6.07. The largest absolute Gasteiger partial charge is 0.419 e. The number of benzene rings is 1. The Morgan fingerprint density at radius 3 is 2.85 bits per heavy atom. The van der Waals surface area contributed by atoms with Crippen LogP contribution in [0.3, 0.4) is 0 Å². The van der Waals surface area contributed by atoms with Crippen LogP contribution in [0, 0.1) is 0 Å².